The molecule has 35 heavy (non-hydrogen) atoms. The van der Waals surface area contributed by atoms with Gasteiger partial charge >= 0.3 is 6.09 Å². The summed E-state index contributed by atoms with van der Waals surface area (Å²) in [6.45, 7) is 6.26. The fourth-order valence-corrected chi connectivity index (χ4v) is 6.21. The lowest BCUT2D eigenvalue weighted by Gasteiger charge is -2.29. The smallest absolute Gasteiger partial charge is 0.411 e. The van der Waals surface area contributed by atoms with E-state index in [0.717, 1.165) is 70.4 Å². The van der Waals surface area contributed by atoms with Gasteiger partial charge in [0.2, 0.25) is 0 Å². The van der Waals surface area contributed by atoms with Crippen LogP contribution >= 0.6 is 11.6 Å². The van der Waals surface area contributed by atoms with Gasteiger partial charge in [-0.1, -0.05) is 17.7 Å². The lowest BCUT2D eigenvalue weighted by atomic mass is 9.87. The van der Waals surface area contributed by atoms with Crippen LogP contribution < -0.4 is 4.74 Å². The molecule has 3 aromatic rings. The summed E-state index contributed by atoms with van der Waals surface area (Å²) in [6.07, 6.45) is 3.61. The van der Waals surface area contributed by atoms with Crippen molar-refractivity contribution < 1.29 is 14.3 Å². The van der Waals surface area contributed by atoms with Crippen molar-refractivity contribution in [2.75, 3.05) is 0 Å². The van der Waals surface area contributed by atoms with Crippen LogP contribution in [0.15, 0.2) is 30.3 Å². The second kappa shape index (κ2) is 7.26. The van der Waals surface area contributed by atoms with Crippen molar-refractivity contribution in [3.8, 4) is 28.1 Å². The number of ether oxygens (including phenoxy) is 2. The highest BCUT2D eigenvalue weighted by Crippen LogP contribution is 2.54. The van der Waals surface area contributed by atoms with E-state index in [4.69, 9.17) is 26.1 Å². The van der Waals surface area contributed by atoms with Gasteiger partial charge < -0.3 is 14.5 Å². The van der Waals surface area contributed by atoms with Crippen LogP contribution in [0, 0.1) is 5.92 Å². The van der Waals surface area contributed by atoms with E-state index in [9.17, 15) is 4.79 Å². The Balaban J connectivity index is 1.24. The van der Waals surface area contributed by atoms with Crippen LogP contribution in [0.5, 0.6) is 5.75 Å². The average Bonchev–Trinajstić information content (AvgIpc) is 3.25. The zero-order valence-corrected chi connectivity index (χ0v) is 20.9. The predicted octanol–water partition coefficient (Wildman–Crippen LogP) is 6.46. The van der Waals surface area contributed by atoms with E-state index in [-0.39, 0.29) is 18.2 Å². The maximum absolute atomic E-state index is 13.0. The minimum Gasteiger partial charge on any atom is -0.488 e. The van der Waals surface area contributed by atoms with Crippen LogP contribution in [-0.4, -0.2) is 32.6 Å². The Morgan fingerprint density at radius 1 is 1.11 bits per heavy atom. The Labute approximate surface area is 209 Å². The van der Waals surface area contributed by atoms with Crippen molar-refractivity contribution in [2.45, 2.75) is 70.7 Å². The highest BCUT2D eigenvalue weighted by atomic mass is 35.5. The van der Waals surface area contributed by atoms with Gasteiger partial charge in [-0.3, -0.25) is 4.90 Å². The predicted molar refractivity (Wildman–Crippen MR) is 134 cm³/mol. The van der Waals surface area contributed by atoms with Crippen molar-refractivity contribution in [1.82, 2.24) is 14.9 Å². The van der Waals surface area contributed by atoms with Crippen LogP contribution in [0.1, 0.15) is 62.3 Å². The van der Waals surface area contributed by atoms with Gasteiger partial charge in [0.1, 0.15) is 23.8 Å². The number of nitrogens with one attached hydrogen (secondary N) is 1. The molecule has 7 rings (SSSR count). The summed E-state index contributed by atoms with van der Waals surface area (Å²) in [6, 6.07) is 10.6. The Hall–Kier alpha value is -2.99. The van der Waals surface area contributed by atoms with Gasteiger partial charge in [-0.15, -0.1) is 0 Å². The molecule has 7 heteroatoms. The molecule has 0 bridgehead atoms. The minimum absolute atomic E-state index is 0.0619. The van der Waals surface area contributed by atoms with E-state index in [1.165, 1.54) is 11.1 Å². The van der Waals surface area contributed by atoms with Crippen LogP contribution in [0.25, 0.3) is 22.4 Å². The number of hydrogen-bond acceptors (Lipinski definition) is 4. The molecule has 1 saturated heterocycles. The minimum atomic E-state index is -0.515. The summed E-state index contributed by atoms with van der Waals surface area (Å²) in [4.78, 5) is 23.6. The van der Waals surface area contributed by atoms with Gasteiger partial charge in [-0.05, 0) is 93.3 Å². The summed E-state index contributed by atoms with van der Waals surface area (Å²) >= 11 is 6.20. The van der Waals surface area contributed by atoms with Crippen LogP contribution in [0.3, 0.4) is 0 Å². The monoisotopic (exact) mass is 489 g/mol. The molecule has 3 atom stereocenters. The lowest BCUT2D eigenvalue weighted by Crippen LogP contribution is -2.38. The first-order valence-corrected chi connectivity index (χ1v) is 12.8. The van der Waals surface area contributed by atoms with E-state index in [0.29, 0.717) is 12.5 Å². The Morgan fingerprint density at radius 3 is 2.80 bits per heavy atom. The molecule has 0 spiro atoms. The third-order valence-corrected chi connectivity index (χ3v) is 7.90. The molecule has 0 radical (unpaired) electrons. The molecule has 2 fully saturated rings. The van der Waals surface area contributed by atoms with E-state index in [1.807, 2.05) is 37.8 Å². The number of benzene rings is 2. The van der Waals surface area contributed by atoms with Crippen molar-refractivity contribution in [2.24, 2.45) is 5.92 Å². The quantitative estimate of drug-likeness (QED) is 0.426. The molecule has 6 nitrogen and oxygen atoms in total. The topological polar surface area (TPSA) is 67.5 Å². The fraction of sp³-hybridized carbons (Fsp3) is 0.429. The second-order valence-electron chi connectivity index (χ2n) is 11.2. The number of carbonyl (C=O) groups is 1. The van der Waals surface area contributed by atoms with Gasteiger partial charge in [0.05, 0.1) is 11.7 Å². The van der Waals surface area contributed by atoms with E-state index >= 15 is 0 Å². The maximum Gasteiger partial charge on any atom is 0.411 e. The number of fused-ring (bicyclic) bond motifs is 7. The summed E-state index contributed by atoms with van der Waals surface area (Å²) in [5.41, 5.74) is 7.43. The molecule has 4 aliphatic rings. The number of amides is 1. The van der Waals surface area contributed by atoms with Crippen LogP contribution in [-0.2, 0) is 24.2 Å². The van der Waals surface area contributed by atoms with Gasteiger partial charge in [0.15, 0.2) is 0 Å². The molecule has 1 unspecified atom stereocenters. The summed E-state index contributed by atoms with van der Waals surface area (Å²) in [5, 5.41) is 0.729. The number of halogens is 1. The second-order valence-corrected chi connectivity index (χ2v) is 11.7. The molecule has 1 aromatic heterocycles. The molecule has 1 saturated carbocycles. The first-order valence-electron chi connectivity index (χ1n) is 12.4. The summed E-state index contributed by atoms with van der Waals surface area (Å²) < 4.78 is 11.9. The first-order chi connectivity index (χ1) is 16.7. The zero-order valence-electron chi connectivity index (χ0n) is 20.2. The normalized spacial score (nSPS) is 23.4. The van der Waals surface area contributed by atoms with Crippen molar-refractivity contribution in [1.29, 1.82) is 0 Å². The number of carbonyl (C=O) groups excluding carboxylic acids is 1. The first kappa shape index (κ1) is 21.3. The number of H-pyrrole nitrogens is 1. The molecule has 2 aliphatic heterocycles. The van der Waals surface area contributed by atoms with Crippen LogP contribution in [0.4, 0.5) is 4.79 Å². The number of aryl methyl sites for hydroxylation is 2. The number of piperidine rings is 1. The van der Waals surface area contributed by atoms with E-state index in [2.05, 4.69) is 23.2 Å². The Kier molecular flexibility index (Phi) is 4.42. The number of imidazole rings is 1. The molecule has 1 amide bonds. The third-order valence-electron chi connectivity index (χ3n) is 7.67. The molecule has 2 aromatic carbocycles. The lowest BCUT2D eigenvalue weighted by molar-refractivity contribution is 0.0175. The highest BCUT2D eigenvalue weighted by Gasteiger charge is 2.56. The Morgan fingerprint density at radius 2 is 1.97 bits per heavy atom. The standard InChI is InChI=1S/C28H28ClN3O3/c1-28(2,3)35-27(33)32-22-10-15(22)11-23(32)26-30-21-7-4-14-9-20-18-6-5-17(29)8-16(18)13-34-24(20)12-19(14)25(21)31-26/h5-6,8-9,12,15,22-23H,4,7,10-11,13H2,1-3H3,(H,30,31)/t15-,22?,23+/m1/s1. The van der Waals surface area contributed by atoms with E-state index in [1.54, 1.807) is 0 Å². The van der Waals surface area contributed by atoms with Crippen LogP contribution in [0.2, 0.25) is 5.02 Å². The summed E-state index contributed by atoms with van der Waals surface area (Å²) in [7, 11) is 0. The number of rotatable bonds is 1. The fourth-order valence-electron chi connectivity index (χ4n) is 6.01. The molecule has 2 aliphatic carbocycles. The molecule has 1 N–H and O–H groups in total. The summed E-state index contributed by atoms with van der Waals surface area (Å²) in [5.74, 6) is 2.31. The SMILES string of the molecule is CC(C)(C)OC(=O)N1C2C[C@@H]2C[C@H]1c1nc2c([nH]1)CCc1cc3c(cc1-2)OCc1cc(Cl)ccc1-3. The molecular weight excluding hydrogens is 462 g/mol. The van der Waals surface area contributed by atoms with Gasteiger partial charge in [0.25, 0.3) is 0 Å². The van der Waals surface area contributed by atoms with Gasteiger partial charge in [-0.2, -0.15) is 0 Å². The highest BCUT2D eigenvalue weighted by molar-refractivity contribution is 6.30. The van der Waals surface area contributed by atoms with Gasteiger partial charge in [0, 0.05) is 27.9 Å². The third kappa shape index (κ3) is 3.45. The molecule has 3 heterocycles. The van der Waals surface area contributed by atoms with Crippen molar-refractivity contribution in [3.05, 3.63) is 58.0 Å². The average molecular weight is 490 g/mol. The van der Waals surface area contributed by atoms with Crippen molar-refractivity contribution >= 4 is 17.7 Å². The molecular formula is C28H28ClN3O3. The Bertz CT molecular complexity index is 1390. The number of nitrogens with zero attached hydrogens (tertiary/aromatic N) is 2. The van der Waals surface area contributed by atoms with Crippen molar-refractivity contribution in [3.63, 3.8) is 0 Å². The van der Waals surface area contributed by atoms with Gasteiger partial charge in [-0.25, -0.2) is 9.78 Å². The zero-order chi connectivity index (χ0) is 24.1. The number of aromatic nitrogens is 2. The van der Waals surface area contributed by atoms with E-state index < -0.39 is 5.60 Å². The number of aromatic amines is 1. The largest absolute Gasteiger partial charge is 0.488 e. The number of hydrogen-bond donors (Lipinski definition) is 1. The molecule has 180 valence electrons. The maximum atomic E-state index is 13.0. The number of likely N-dealkylation sites (tertiary alicyclic amines) is 1.